The van der Waals surface area contributed by atoms with E-state index in [4.69, 9.17) is 4.74 Å². The molecule has 18 heavy (non-hydrogen) atoms. The minimum atomic E-state index is -0.913. The van der Waals surface area contributed by atoms with E-state index in [0.717, 1.165) is 13.0 Å². The molecular weight excluding hydrogens is 230 g/mol. The third-order valence-corrected chi connectivity index (χ3v) is 3.13. The van der Waals surface area contributed by atoms with Crippen LogP contribution < -0.4 is 9.64 Å². The summed E-state index contributed by atoms with van der Waals surface area (Å²) in [6.07, 6.45) is 1.07. The number of nitrogens with zero attached hydrogens (tertiary/aromatic N) is 1. The van der Waals surface area contributed by atoms with E-state index in [1.165, 1.54) is 0 Å². The van der Waals surface area contributed by atoms with Gasteiger partial charge in [-0.15, -0.1) is 0 Å². The van der Waals surface area contributed by atoms with Gasteiger partial charge in [0.2, 0.25) is 0 Å². The van der Waals surface area contributed by atoms with Gasteiger partial charge in [-0.1, -0.05) is 20.3 Å². The van der Waals surface area contributed by atoms with Gasteiger partial charge in [0, 0.05) is 19.7 Å². The highest BCUT2D eigenvalue weighted by Crippen LogP contribution is 2.26. The Balaban J connectivity index is 3.06. The van der Waals surface area contributed by atoms with Gasteiger partial charge in [-0.3, -0.25) is 0 Å². The number of anilines is 1. The van der Waals surface area contributed by atoms with Gasteiger partial charge in [0.1, 0.15) is 5.75 Å². The van der Waals surface area contributed by atoms with Crippen LogP contribution in [0.15, 0.2) is 18.2 Å². The van der Waals surface area contributed by atoms with Crippen LogP contribution in [0.5, 0.6) is 5.75 Å². The molecule has 0 heterocycles. The lowest BCUT2D eigenvalue weighted by molar-refractivity contribution is 0.0697. The number of benzene rings is 1. The Labute approximate surface area is 108 Å². The normalized spacial score (nSPS) is 12.0. The second kappa shape index (κ2) is 6.28. The van der Waals surface area contributed by atoms with Crippen LogP contribution in [0.4, 0.5) is 5.69 Å². The molecule has 0 aliphatic rings. The van der Waals surface area contributed by atoms with Gasteiger partial charge in [-0.05, 0) is 18.1 Å². The zero-order chi connectivity index (χ0) is 13.7. The predicted molar refractivity (Wildman–Crippen MR) is 72.7 cm³/mol. The first-order valence-electron chi connectivity index (χ1n) is 6.12. The van der Waals surface area contributed by atoms with E-state index in [1.54, 1.807) is 25.3 Å². The molecule has 1 aromatic carbocycles. The van der Waals surface area contributed by atoms with Crippen molar-refractivity contribution < 1.29 is 14.6 Å². The number of hydrogen-bond donors (Lipinski definition) is 1. The van der Waals surface area contributed by atoms with Gasteiger partial charge in [-0.25, -0.2) is 4.79 Å². The molecule has 1 atom stereocenters. The summed E-state index contributed by atoms with van der Waals surface area (Å²) in [5, 5.41) is 9.20. The van der Waals surface area contributed by atoms with Crippen molar-refractivity contribution in [3.8, 4) is 5.75 Å². The third-order valence-electron chi connectivity index (χ3n) is 3.13. The highest BCUT2D eigenvalue weighted by molar-refractivity contribution is 5.94. The summed E-state index contributed by atoms with van der Waals surface area (Å²) in [4.78, 5) is 13.2. The molecule has 0 radical (unpaired) electrons. The topological polar surface area (TPSA) is 49.8 Å². The number of hydrogen-bond acceptors (Lipinski definition) is 3. The molecule has 0 spiro atoms. The molecule has 0 saturated heterocycles. The number of ether oxygens (including phenoxy) is 1. The lowest BCUT2D eigenvalue weighted by atomic mass is 10.1. The molecule has 0 aliphatic carbocycles. The van der Waals surface area contributed by atoms with Crippen molar-refractivity contribution in [1.29, 1.82) is 0 Å². The fourth-order valence-electron chi connectivity index (χ4n) is 1.83. The number of carbonyl (C=O) groups is 1. The van der Waals surface area contributed by atoms with Crippen molar-refractivity contribution in [2.45, 2.75) is 20.3 Å². The summed E-state index contributed by atoms with van der Waals surface area (Å²) in [6, 6.07) is 5.03. The van der Waals surface area contributed by atoms with Gasteiger partial charge in [0.15, 0.2) is 0 Å². The van der Waals surface area contributed by atoms with Crippen LogP contribution in [-0.4, -0.2) is 31.8 Å². The second-order valence-electron chi connectivity index (χ2n) is 4.58. The molecule has 0 bridgehead atoms. The van der Waals surface area contributed by atoms with Crippen molar-refractivity contribution in [2.24, 2.45) is 5.92 Å². The zero-order valence-corrected chi connectivity index (χ0v) is 11.4. The Morgan fingerprint density at radius 1 is 1.50 bits per heavy atom. The third kappa shape index (κ3) is 3.39. The number of aromatic carboxylic acids is 1. The Morgan fingerprint density at radius 2 is 2.17 bits per heavy atom. The Bertz CT molecular complexity index is 418. The molecule has 0 aromatic heterocycles. The monoisotopic (exact) mass is 251 g/mol. The summed E-state index contributed by atoms with van der Waals surface area (Å²) >= 11 is 0. The van der Waals surface area contributed by atoms with E-state index in [0.29, 0.717) is 22.9 Å². The lowest BCUT2D eigenvalue weighted by Crippen LogP contribution is -2.25. The Kier molecular flexibility index (Phi) is 5.01. The van der Waals surface area contributed by atoms with Gasteiger partial charge < -0.3 is 14.7 Å². The second-order valence-corrected chi connectivity index (χ2v) is 4.58. The molecule has 4 nitrogen and oxygen atoms in total. The Morgan fingerprint density at radius 3 is 2.67 bits per heavy atom. The van der Waals surface area contributed by atoms with E-state index in [2.05, 4.69) is 13.8 Å². The standard InChI is InChI=1S/C14H21NO3/c1-5-10(2)9-15(3)13-8-11(18-4)6-7-12(13)14(16)17/h6-8,10H,5,9H2,1-4H3,(H,16,17). The minimum Gasteiger partial charge on any atom is -0.497 e. The van der Waals surface area contributed by atoms with E-state index < -0.39 is 5.97 Å². The molecule has 4 heteroatoms. The van der Waals surface area contributed by atoms with Crippen LogP contribution in [0.25, 0.3) is 0 Å². The van der Waals surface area contributed by atoms with Crippen molar-refractivity contribution >= 4 is 11.7 Å². The van der Waals surface area contributed by atoms with Crippen LogP contribution in [0, 0.1) is 5.92 Å². The Hall–Kier alpha value is -1.71. The van der Waals surface area contributed by atoms with E-state index >= 15 is 0 Å². The fourth-order valence-corrected chi connectivity index (χ4v) is 1.83. The van der Waals surface area contributed by atoms with Crippen molar-refractivity contribution in [1.82, 2.24) is 0 Å². The van der Waals surface area contributed by atoms with Gasteiger partial charge in [0.05, 0.1) is 18.4 Å². The maximum Gasteiger partial charge on any atom is 0.337 e. The molecular formula is C14H21NO3. The van der Waals surface area contributed by atoms with Crippen molar-refractivity contribution in [3.63, 3.8) is 0 Å². The summed E-state index contributed by atoms with van der Waals surface area (Å²) < 4.78 is 5.15. The maximum atomic E-state index is 11.2. The van der Waals surface area contributed by atoms with E-state index in [9.17, 15) is 9.90 Å². The van der Waals surface area contributed by atoms with Gasteiger partial charge >= 0.3 is 5.97 Å². The van der Waals surface area contributed by atoms with Gasteiger partial charge in [-0.2, -0.15) is 0 Å². The van der Waals surface area contributed by atoms with Crippen LogP contribution in [0.3, 0.4) is 0 Å². The molecule has 1 aromatic rings. The molecule has 1 N–H and O–H groups in total. The molecule has 100 valence electrons. The first-order chi connectivity index (χ1) is 8.49. The highest BCUT2D eigenvalue weighted by Gasteiger charge is 2.15. The first-order valence-corrected chi connectivity index (χ1v) is 6.12. The van der Waals surface area contributed by atoms with Crippen molar-refractivity contribution in [3.05, 3.63) is 23.8 Å². The number of rotatable bonds is 6. The predicted octanol–water partition coefficient (Wildman–Crippen LogP) is 2.88. The zero-order valence-electron chi connectivity index (χ0n) is 11.4. The number of carboxylic acid groups (broad SMARTS) is 1. The molecule has 1 unspecified atom stereocenters. The summed E-state index contributed by atoms with van der Waals surface area (Å²) in [5.41, 5.74) is 1.00. The van der Waals surface area contributed by atoms with Crippen LogP contribution in [0.2, 0.25) is 0 Å². The van der Waals surface area contributed by atoms with Crippen LogP contribution >= 0.6 is 0 Å². The molecule has 0 amide bonds. The van der Waals surface area contributed by atoms with Gasteiger partial charge in [0.25, 0.3) is 0 Å². The molecule has 0 fully saturated rings. The summed E-state index contributed by atoms with van der Waals surface area (Å²) in [7, 11) is 3.49. The van der Waals surface area contributed by atoms with E-state index in [1.807, 2.05) is 11.9 Å². The largest absolute Gasteiger partial charge is 0.497 e. The minimum absolute atomic E-state index is 0.307. The number of methoxy groups -OCH3 is 1. The fraction of sp³-hybridized carbons (Fsp3) is 0.500. The SMILES string of the molecule is CCC(C)CN(C)c1cc(OC)ccc1C(=O)O. The average molecular weight is 251 g/mol. The smallest absolute Gasteiger partial charge is 0.337 e. The van der Waals surface area contributed by atoms with E-state index in [-0.39, 0.29) is 0 Å². The molecule has 0 saturated carbocycles. The van der Waals surface area contributed by atoms with Crippen LogP contribution in [0.1, 0.15) is 30.6 Å². The van der Waals surface area contributed by atoms with Crippen LogP contribution in [-0.2, 0) is 0 Å². The average Bonchev–Trinajstić information content (AvgIpc) is 2.37. The quantitative estimate of drug-likeness (QED) is 0.844. The lowest BCUT2D eigenvalue weighted by Gasteiger charge is -2.24. The highest BCUT2D eigenvalue weighted by atomic mass is 16.5. The van der Waals surface area contributed by atoms with Crippen molar-refractivity contribution in [2.75, 3.05) is 25.6 Å². The number of carboxylic acids is 1. The summed E-state index contributed by atoms with van der Waals surface area (Å²) in [6.45, 7) is 5.10. The summed E-state index contributed by atoms with van der Waals surface area (Å²) in [5.74, 6) is 0.275. The maximum absolute atomic E-state index is 11.2. The molecule has 0 aliphatic heterocycles. The molecule has 1 rings (SSSR count). The first kappa shape index (κ1) is 14.4.